The van der Waals surface area contributed by atoms with Gasteiger partial charge in [-0.1, -0.05) is 23.7 Å². The molecule has 2 aromatic rings. The zero-order chi connectivity index (χ0) is 17.8. The first-order valence-electron chi connectivity index (χ1n) is 8.55. The van der Waals surface area contributed by atoms with Crippen LogP contribution < -0.4 is 14.8 Å². The van der Waals surface area contributed by atoms with Gasteiger partial charge in [0.05, 0.1) is 18.2 Å². The van der Waals surface area contributed by atoms with Crippen LogP contribution in [0.3, 0.4) is 0 Å². The van der Waals surface area contributed by atoms with E-state index in [2.05, 4.69) is 34.5 Å². The summed E-state index contributed by atoms with van der Waals surface area (Å²) in [5, 5.41) is 4.22. The molecule has 0 fully saturated rings. The average molecular weight is 361 g/mol. The largest absolute Gasteiger partial charge is 0.495 e. The van der Waals surface area contributed by atoms with E-state index in [-0.39, 0.29) is 6.04 Å². The van der Waals surface area contributed by atoms with Gasteiger partial charge in [0.25, 0.3) is 0 Å². The molecule has 1 aliphatic rings. The van der Waals surface area contributed by atoms with Gasteiger partial charge in [-0.05, 0) is 61.5 Å². The van der Waals surface area contributed by atoms with E-state index < -0.39 is 0 Å². The number of nitrogens with zero attached hydrogens (tertiary/aromatic N) is 1. The summed E-state index contributed by atoms with van der Waals surface area (Å²) in [5.41, 5.74) is 3.76. The Hall–Kier alpha value is -1.75. The highest BCUT2D eigenvalue weighted by atomic mass is 35.5. The normalized spacial score (nSPS) is 16.6. The molecule has 3 rings (SSSR count). The molecule has 0 aliphatic carbocycles. The summed E-state index contributed by atoms with van der Waals surface area (Å²) in [5.74, 6) is 1.64. The van der Waals surface area contributed by atoms with Crippen LogP contribution in [0.15, 0.2) is 36.4 Å². The molecule has 0 aromatic heterocycles. The molecule has 0 saturated carbocycles. The Bertz CT molecular complexity index is 734. The number of hydrogen-bond donors (Lipinski definition) is 1. The SMILES string of the molecule is COc1ccc(C2NCCc3cc(OCCN(C)C)ccc32)cc1Cl. The molecule has 4 nitrogen and oxygen atoms in total. The van der Waals surface area contributed by atoms with Gasteiger partial charge in [-0.15, -0.1) is 0 Å². The molecule has 0 saturated heterocycles. The molecule has 25 heavy (non-hydrogen) atoms. The van der Waals surface area contributed by atoms with Gasteiger partial charge >= 0.3 is 0 Å². The van der Waals surface area contributed by atoms with Gasteiger partial charge in [0.2, 0.25) is 0 Å². The Morgan fingerprint density at radius 3 is 2.76 bits per heavy atom. The molecule has 0 radical (unpaired) electrons. The number of fused-ring (bicyclic) bond motifs is 1. The zero-order valence-electron chi connectivity index (χ0n) is 15.0. The minimum Gasteiger partial charge on any atom is -0.495 e. The molecule has 1 N–H and O–H groups in total. The summed E-state index contributed by atoms with van der Waals surface area (Å²) in [4.78, 5) is 2.12. The number of likely N-dealkylation sites (N-methyl/N-ethyl adjacent to an activating group) is 1. The third kappa shape index (κ3) is 4.27. The topological polar surface area (TPSA) is 33.7 Å². The predicted octanol–water partition coefficient (Wildman–Crippen LogP) is 3.52. The standard InChI is InChI=1S/C20H25ClN2O2/c1-23(2)10-11-25-16-5-6-17-14(12-16)8-9-22-20(17)15-4-7-19(24-3)18(21)13-15/h4-7,12-13,20,22H,8-11H2,1-3H3. The molecule has 5 heteroatoms. The zero-order valence-corrected chi connectivity index (χ0v) is 15.8. The van der Waals surface area contributed by atoms with Crippen molar-refractivity contribution in [3.63, 3.8) is 0 Å². The lowest BCUT2D eigenvalue weighted by Crippen LogP contribution is -2.30. The van der Waals surface area contributed by atoms with Crippen LogP contribution in [0.1, 0.15) is 22.7 Å². The van der Waals surface area contributed by atoms with Crippen LogP contribution in [-0.4, -0.2) is 45.8 Å². The maximum Gasteiger partial charge on any atom is 0.137 e. The van der Waals surface area contributed by atoms with Crippen LogP contribution in [0, 0.1) is 0 Å². The van der Waals surface area contributed by atoms with Crippen molar-refractivity contribution in [2.75, 3.05) is 40.9 Å². The van der Waals surface area contributed by atoms with Crippen molar-refractivity contribution >= 4 is 11.6 Å². The van der Waals surface area contributed by atoms with Crippen LogP contribution in [0.2, 0.25) is 5.02 Å². The lowest BCUT2D eigenvalue weighted by molar-refractivity contribution is 0.261. The quantitative estimate of drug-likeness (QED) is 0.854. The first kappa shape index (κ1) is 18.1. The summed E-state index contributed by atoms with van der Waals surface area (Å²) < 4.78 is 11.1. The third-order valence-electron chi connectivity index (χ3n) is 4.48. The van der Waals surface area contributed by atoms with Crippen molar-refractivity contribution in [2.45, 2.75) is 12.5 Å². The Labute approximate surface area is 154 Å². The minimum absolute atomic E-state index is 0.142. The number of methoxy groups -OCH3 is 1. The summed E-state index contributed by atoms with van der Waals surface area (Å²) in [6, 6.07) is 12.5. The second-order valence-electron chi connectivity index (χ2n) is 6.54. The van der Waals surface area contributed by atoms with Crippen LogP contribution in [0.25, 0.3) is 0 Å². The molecular weight excluding hydrogens is 336 g/mol. The molecule has 0 spiro atoms. The summed E-state index contributed by atoms with van der Waals surface area (Å²) in [6.45, 7) is 2.54. The molecule has 1 aliphatic heterocycles. The maximum atomic E-state index is 6.31. The molecule has 134 valence electrons. The average Bonchev–Trinajstić information content (AvgIpc) is 2.60. The van der Waals surface area contributed by atoms with E-state index >= 15 is 0 Å². The number of hydrogen-bond acceptors (Lipinski definition) is 4. The van der Waals surface area contributed by atoms with Crippen LogP contribution in [0.4, 0.5) is 0 Å². The molecule has 1 heterocycles. The van der Waals surface area contributed by atoms with Crippen molar-refractivity contribution in [1.29, 1.82) is 0 Å². The van der Waals surface area contributed by atoms with Crippen molar-refractivity contribution in [1.82, 2.24) is 10.2 Å². The van der Waals surface area contributed by atoms with Crippen molar-refractivity contribution < 1.29 is 9.47 Å². The number of nitrogens with one attached hydrogen (secondary N) is 1. The van der Waals surface area contributed by atoms with E-state index in [1.807, 2.05) is 26.2 Å². The van der Waals surface area contributed by atoms with E-state index in [4.69, 9.17) is 21.1 Å². The Morgan fingerprint density at radius 2 is 2.04 bits per heavy atom. The lowest BCUT2D eigenvalue weighted by Gasteiger charge is -2.28. The first-order valence-corrected chi connectivity index (χ1v) is 8.93. The monoisotopic (exact) mass is 360 g/mol. The highest BCUT2D eigenvalue weighted by Crippen LogP contribution is 2.34. The van der Waals surface area contributed by atoms with E-state index in [0.717, 1.165) is 30.8 Å². The van der Waals surface area contributed by atoms with Crippen molar-refractivity contribution in [2.24, 2.45) is 0 Å². The second kappa shape index (κ2) is 8.09. The molecule has 2 aromatic carbocycles. The number of halogens is 1. The smallest absolute Gasteiger partial charge is 0.137 e. The van der Waals surface area contributed by atoms with Crippen molar-refractivity contribution in [3.8, 4) is 11.5 Å². The molecular formula is C20H25ClN2O2. The van der Waals surface area contributed by atoms with E-state index in [9.17, 15) is 0 Å². The predicted molar refractivity (Wildman–Crippen MR) is 102 cm³/mol. The van der Waals surface area contributed by atoms with Crippen molar-refractivity contribution in [3.05, 3.63) is 58.1 Å². The van der Waals surface area contributed by atoms with E-state index in [1.54, 1.807) is 7.11 Å². The lowest BCUT2D eigenvalue weighted by atomic mass is 9.89. The molecule has 0 bridgehead atoms. The summed E-state index contributed by atoms with van der Waals surface area (Å²) in [7, 11) is 5.73. The molecule has 1 atom stereocenters. The van der Waals surface area contributed by atoms with Gasteiger partial charge in [0, 0.05) is 13.1 Å². The Kier molecular flexibility index (Phi) is 5.84. The first-order chi connectivity index (χ1) is 12.1. The summed E-state index contributed by atoms with van der Waals surface area (Å²) in [6.07, 6.45) is 1.00. The second-order valence-corrected chi connectivity index (χ2v) is 6.95. The van der Waals surface area contributed by atoms with E-state index in [1.165, 1.54) is 11.1 Å². The highest BCUT2D eigenvalue weighted by Gasteiger charge is 2.22. The number of rotatable bonds is 6. The Morgan fingerprint density at radius 1 is 1.20 bits per heavy atom. The minimum atomic E-state index is 0.142. The van der Waals surface area contributed by atoms with Crippen LogP contribution in [0.5, 0.6) is 11.5 Å². The number of benzene rings is 2. The summed E-state index contributed by atoms with van der Waals surface area (Å²) >= 11 is 6.31. The third-order valence-corrected chi connectivity index (χ3v) is 4.78. The highest BCUT2D eigenvalue weighted by molar-refractivity contribution is 6.32. The van der Waals surface area contributed by atoms with Crippen LogP contribution in [-0.2, 0) is 6.42 Å². The van der Waals surface area contributed by atoms with Gasteiger partial charge in [0.1, 0.15) is 18.1 Å². The van der Waals surface area contributed by atoms with E-state index in [0.29, 0.717) is 17.4 Å². The number of ether oxygens (including phenoxy) is 2. The van der Waals surface area contributed by atoms with Gasteiger partial charge in [0.15, 0.2) is 0 Å². The Balaban J connectivity index is 1.81. The molecule has 0 amide bonds. The fourth-order valence-electron chi connectivity index (χ4n) is 3.14. The van der Waals surface area contributed by atoms with Gasteiger partial charge in [-0.25, -0.2) is 0 Å². The maximum absolute atomic E-state index is 6.31. The van der Waals surface area contributed by atoms with Gasteiger partial charge in [-0.2, -0.15) is 0 Å². The van der Waals surface area contributed by atoms with Gasteiger partial charge in [-0.3, -0.25) is 0 Å². The van der Waals surface area contributed by atoms with Crippen LogP contribution >= 0.6 is 11.6 Å². The fourth-order valence-corrected chi connectivity index (χ4v) is 3.40. The van der Waals surface area contributed by atoms with Gasteiger partial charge < -0.3 is 19.7 Å². The fraction of sp³-hybridized carbons (Fsp3) is 0.400. The molecule has 1 unspecified atom stereocenters.